The van der Waals surface area contributed by atoms with E-state index in [1.54, 1.807) is 62.4 Å². The minimum absolute atomic E-state index is 0.311. The lowest BCUT2D eigenvalue weighted by Crippen LogP contribution is -2.37. The molecule has 0 aliphatic heterocycles. The highest BCUT2D eigenvalue weighted by atomic mass is 16.7. The molecule has 0 saturated heterocycles. The Morgan fingerprint density at radius 2 is 1.27 bits per heavy atom. The molecule has 0 radical (unpaired) electrons. The van der Waals surface area contributed by atoms with E-state index in [0.29, 0.717) is 29.3 Å². The van der Waals surface area contributed by atoms with Crippen molar-refractivity contribution in [3.05, 3.63) is 48.5 Å². The molecule has 2 rings (SSSR count). The molecule has 2 amide bonds. The molecule has 0 atom stereocenters. The first kappa shape index (κ1) is 22.5. The number of hydrogen-bond donors (Lipinski definition) is 3. The summed E-state index contributed by atoms with van der Waals surface area (Å²) in [4.78, 5) is 33.7. The minimum atomic E-state index is -1.36. The summed E-state index contributed by atoms with van der Waals surface area (Å²) in [5.41, 5.74) is -0.339. The van der Waals surface area contributed by atoms with Crippen LogP contribution in [-0.4, -0.2) is 35.0 Å². The van der Waals surface area contributed by atoms with Gasteiger partial charge in [-0.25, -0.2) is 9.59 Å². The number of carbonyl (C=O) groups excluding carboxylic acids is 2. The quantitative estimate of drug-likeness (QED) is 0.419. The Bertz CT molecular complexity index is 891. The highest BCUT2D eigenvalue weighted by Crippen LogP contribution is 2.23. The molecule has 0 aliphatic rings. The van der Waals surface area contributed by atoms with Gasteiger partial charge in [0.2, 0.25) is 5.79 Å². The normalized spacial score (nSPS) is 11.2. The molecule has 2 aromatic carbocycles. The van der Waals surface area contributed by atoms with E-state index in [0.717, 1.165) is 0 Å². The van der Waals surface area contributed by atoms with Crippen molar-refractivity contribution in [2.24, 2.45) is 0 Å². The van der Waals surface area contributed by atoms with Gasteiger partial charge < -0.3 is 30.0 Å². The summed E-state index contributed by atoms with van der Waals surface area (Å²) in [6, 6.07) is 12.4. The van der Waals surface area contributed by atoms with Gasteiger partial charge in [0.1, 0.15) is 11.5 Å². The van der Waals surface area contributed by atoms with Crippen LogP contribution in [0.25, 0.3) is 0 Å². The summed E-state index contributed by atoms with van der Waals surface area (Å²) in [5.74, 6) is -1.36. The topological polar surface area (TPSA) is 123 Å². The predicted molar refractivity (Wildman–Crippen MR) is 110 cm³/mol. The van der Waals surface area contributed by atoms with Gasteiger partial charge in [-0.2, -0.15) is 0 Å². The largest absolute Gasteiger partial charge is 0.478 e. The number of urea groups is 1. The Morgan fingerprint density at radius 1 is 0.833 bits per heavy atom. The van der Waals surface area contributed by atoms with Crippen molar-refractivity contribution in [1.29, 1.82) is 0 Å². The Labute approximate surface area is 173 Å². The van der Waals surface area contributed by atoms with Crippen molar-refractivity contribution < 1.29 is 33.7 Å². The van der Waals surface area contributed by atoms with Gasteiger partial charge in [0, 0.05) is 25.2 Å². The molecule has 9 nitrogen and oxygen atoms in total. The minimum Gasteiger partial charge on any atom is -0.478 e. The summed E-state index contributed by atoms with van der Waals surface area (Å²) < 4.78 is 15.8. The molecule has 2 aromatic rings. The van der Waals surface area contributed by atoms with Gasteiger partial charge in [0.05, 0.1) is 0 Å². The number of aliphatic carboxylic acids is 1. The first-order valence-corrected chi connectivity index (χ1v) is 9.02. The van der Waals surface area contributed by atoms with Crippen molar-refractivity contribution >= 4 is 29.8 Å². The third-order valence-corrected chi connectivity index (χ3v) is 3.81. The van der Waals surface area contributed by atoms with Crippen LogP contribution in [0, 0.1) is 0 Å². The third-order valence-electron chi connectivity index (χ3n) is 3.81. The van der Waals surface area contributed by atoms with E-state index < -0.39 is 23.4 Å². The van der Waals surface area contributed by atoms with Crippen LogP contribution in [0.2, 0.25) is 0 Å². The summed E-state index contributed by atoms with van der Waals surface area (Å²) in [6.45, 7) is 6.40. The number of nitrogens with one attached hydrogen (secondary N) is 2. The van der Waals surface area contributed by atoms with E-state index in [1.165, 1.54) is 13.8 Å². The molecule has 30 heavy (non-hydrogen) atoms. The van der Waals surface area contributed by atoms with Gasteiger partial charge in [-0.15, -0.1) is 0 Å². The van der Waals surface area contributed by atoms with Crippen molar-refractivity contribution in [1.82, 2.24) is 0 Å². The van der Waals surface area contributed by atoms with Gasteiger partial charge in [-0.05, 0) is 62.4 Å². The van der Waals surface area contributed by atoms with Crippen LogP contribution >= 0.6 is 0 Å². The van der Waals surface area contributed by atoms with Crippen LogP contribution in [0.3, 0.4) is 0 Å². The predicted octanol–water partition coefficient (Wildman–Crippen LogP) is 3.86. The maximum Gasteiger partial charge on any atom is 0.347 e. The molecule has 9 heteroatoms. The third kappa shape index (κ3) is 6.69. The summed E-state index contributed by atoms with van der Waals surface area (Å²) >= 11 is 0. The number of ether oxygens (including phenoxy) is 3. The van der Waals surface area contributed by atoms with Crippen molar-refractivity contribution in [2.45, 2.75) is 39.1 Å². The van der Waals surface area contributed by atoms with Crippen molar-refractivity contribution in [2.75, 3.05) is 10.6 Å². The van der Waals surface area contributed by atoms with Gasteiger partial charge in [0.15, 0.2) is 5.60 Å². The molecule has 3 N–H and O–H groups in total. The second-order valence-electron chi connectivity index (χ2n) is 7.26. The zero-order valence-electron chi connectivity index (χ0n) is 17.1. The van der Waals surface area contributed by atoms with Gasteiger partial charge in [-0.3, -0.25) is 4.79 Å². The van der Waals surface area contributed by atoms with E-state index >= 15 is 0 Å². The molecule has 0 unspecified atom stereocenters. The number of benzene rings is 2. The highest BCUT2D eigenvalue weighted by molar-refractivity contribution is 5.99. The highest BCUT2D eigenvalue weighted by Gasteiger charge is 2.29. The van der Waals surface area contributed by atoms with Crippen LogP contribution in [-0.2, 0) is 14.3 Å². The second kappa shape index (κ2) is 9.17. The smallest absolute Gasteiger partial charge is 0.347 e. The number of amides is 2. The fourth-order valence-corrected chi connectivity index (χ4v) is 2.27. The summed E-state index contributed by atoms with van der Waals surface area (Å²) in [7, 11) is 0. The Hall–Kier alpha value is -3.75. The van der Waals surface area contributed by atoms with Crippen LogP contribution in [0.1, 0.15) is 27.7 Å². The number of carboxylic acids is 1. The standard InChI is InChI=1S/C21H24N2O7/c1-20(2,18(25)26)29-16-9-5-14(6-10-16)22-19(27)23-15-7-11-17(12-8-15)30-21(3,4)28-13-24/h5-13H,1-4H3,(H,25,26)(H2,22,23,27). The second-order valence-corrected chi connectivity index (χ2v) is 7.26. The SMILES string of the molecule is CC(C)(OC=O)Oc1ccc(NC(=O)Nc2ccc(OC(C)(C)C(=O)O)cc2)cc1. The fraction of sp³-hybridized carbons (Fsp3) is 0.286. The van der Waals surface area contributed by atoms with Gasteiger partial charge >= 0.3 is 12.0 Å². The molecular formula is C21H24N2O7. The molecular weight excluding hydrogens is 392 g/mol. The average Bonchev–Trinajstić information content (AvgIpc) is 2.64. The lowest BCUT2D eigenvalue weighted by atomic mass is 10.1. The van der Waals surface area contributed by atoms with E-state index in [-0.39, 0.29) is 0 Å². The molecule has 0 aromatic heterocycles. The Kier molecular flexibility index (Phi) is 6.89. The number of rotatable bonds is 9. The lowest BCUT2D eigenvalue weighted by molar-refractivity contribution is -0.170. The van der Waals surface area contributed by atoms with Gasteiger partial charge in [-0.1, -0.05) is 0 Å². The molecule has 160 valence electrons. The monoisotopic (exact) mass is 416 g/mol. The fourth-order valence-electron chi connectivity index (χ4n) is 2.27. The van der Waals surface area contributed by atoms with E-state index in [1.807, 2.05) is 0 Å². The molecule has 0 fully saturated rings. The number of carbonyl (C=O) groups is 3. The van der Waals surface area contributed by atoms with E-state index in [2.05, 4.69) is 10.6 Å². The first-order chi connectivity index (χ1) is 14.0. The zero-order valence-corrected chi connectivity index (χ0v) is 17.1. The van der Waals surface area contributed by atoms with Crippen LogP contribution < -0.4 is 20.1 Å². The molecule has 0 saturated carbocycles. The van der Waals surface area contributed by atoms with Crippen molar-refractivity contribution in [3.63, 3.8) is 0 Å². The van der Waals surface area contributed by atoms with Gasteiger partial charge in [0.25, 0.3) is 6.47 Å². The lowest BCUT2D eigenvalue weighted by Gasteiger charge is -2.24. The number of hydrogen-bond acceptors (Lipinski definition) is 6. The summed E-state index contributed by atoms with van der Waals surface area (Å²) in [5, 5.41) is 14.4. The maximum atomic E-state index is 12.2. The van der Waals surface area contributed by atoms with Crippen LogP contribution in [0.15, 0.2) is 48.5 Å². The molecule has 0 aliphatic carbocycles. The van der Waals surface area contributed by atoms with E-state index in [4.69, 9.17) is 19.3 Å². The Balaban J connectivity index is 1.91. The van der Waals surface area contributed by atoms with Crippen LogP contribution in [0.5, 0.6) is 11.5 Å². The zero-order chi connectivity index (χ0) is 22.4. The first-order valence-electron chi connectivity index (χ1n) is 9.02. The van der Waals surface area contributed by atoms with Crippen molar-refractivity contribution in [3.8, 4) is 11.5 Å². The summed E-state index contributed by atoms with van der Waals surface area (Å²) in [6.07, 6.45) is 0. The molecule has 0 spiro atoms. The Morgan fingerprint density at radius 3 is 1.67 bits per heavy atom. The molecule has 0 heterocycles. The average molecular weight is 416 g/mol. The van der Waals surface area contributed by atoms with Crippen LogP contribution in [0.4, 0.5) is 16.2 Å². The molecule has 0 bridgehead atoms. The number of anilines is 2. The van der Waals surface area contributed by atoms with E-state index in [9.17, 15) is 14.4 Å². The number of carboxylic acid groups (broad SMARTS) is 1. The maximum absolute atomic E-state index is 12.2.